The Morgan fingerprint density at radius 2 is 1.56 bits per heavy atom. The van der Waals surface area contributed by atoms with Crippen LogP contribution in [0.2, 0.25) is 0 Å². The van der Waals surface area contributed by atoms with Crippen molar-refractivity contribution in [2.24, 2.45) is 0 Å². The van der Waals surface area contributed by atoms with Gasteiger partial charge >= 0.3 is 12.4 Å². The zero-order valence-electron chi connectivity index (χ0n) is 23.8. The summed E-state index contributed by atoms with van der Waals surface area (Å²) in [5.74, 6) is -1.00. The highest BCUT2D eigenvalue weighted by molar-refractivity contribution is 5.95. The fourth-order valence-corrected chi connectivity index (χ4v) is 4.78. The van der Waals surface area contributed by atoms with Gasteiger partial charge in [-0.15, -0.1) is 0 Å². The molecular formula is C31H29F6N3O3. The number of nitrogens with zero attached hydrogens (tertiary/aromatic N) is 3. The van der Waals surface area contributed by atoms with E-state index in [0.29, 0.717) is 28.7 Å². The van der Waals surface area contributed by atoms with E-state index in [0.717, 1.165) is 16.0 Å². The number of halogens is 6. The van der Waals surface area contributed by atoms with Gasteiger partial charge in [-0.3, -0.25) is 14.2 Å². The number of aromatic nitrogens is 2. The van der Waals surface area contributed by atoms with E-state index in [9.17, 15) is 35.9 Å². The van der Waals surface area contributed by atoms with Gasteiger partial charge in [0.2, 0.25) is 0 Å². The van der Waals surface area contributed by atoms with Crippen LogP contribution < -0.4 is 5.56 Å². The third kappa shape index (κ3) is 6.74. The Morgan fingerprint density at radius 1 is 0.930 bits per heavy atom. The van der Waals surface area contributed by atoms with Crippen LogP contribution in [0.3, 0.4) is 0 Å². The van der Waals surface area contributed by atoms with Gasteiger partial charge in [-0.25, -0.2) is 4.98 Å². The topological polar surface area (TPSA) is 64.4 Å². The van der Waals surface area contributed by atoms with Crippen LogP contribution in [-0.4, -0.2) is 40.6 Å². The normalized spacial score (nSPS) is 12.9. The maximum atomic E-state index is 13.8. The highest BCUT2D eigenvalue weighted by Crippen LogP contribution is 2.37. The molecule has 0 bridgehead atoms. The van der Waals surface area contributed by atoms with Gasteiger partial charge < -0.3 is 9.64 Å². The van der Waals surface area contributed by atoms with Crippen molar-refractivity contribution in [2.45, 2.75) is 45.6 Å². The highest BCUT2D eigenvalue weighted by atomic mass is 19.4. The first-order valence-electron chi connectivity index (χ1n) is 13.3. The summed E-state index contributed by atoms with van der Waals surface area (Å²) < 4.78 is 88.1. The van der Waals surface area contributed by atoms with Crippen LogP contribution in [0, 0.1) is 13.8 Å². The third-order valence-electron chi connectivity index (χ3n) is 7.23. The van der Waals surface area contributed by atoms with E-state index in [2.05, 4.69) is 4.98 Å². The lowest BCUT2D eigenvalue weighted by atomic mass is 10.0. The molecule has 0 saturated heterocycles. The van der Waals surface area contributed by atoms with Crippen molar-refractivity contribution in [3.63, 3.8) is 0 Å². The van der Waals surface area contributed by atoms with E-state index in [1.165, 1.54) is 18.6 Å². The number of para-hydroxylation sites is 1. The zero-order chi connectivity index (χ0) is 31.7. The van der Waals surface area contributed by atoms with E-state index < -0.39 is 46.6 Å². The lowest BCUT2D eigenvalue weighted by Crippen LogP contribution is -2.38. The second kappa shape index (κ2) is 12.2. The summed E-state index contributed by atoms with van der Waals surface area (Å²) in [4.78, 5) is 33.5. The third-order valence-corrected chi connectivity index (χ3v) is 7.23. The first-order chi connectivity index (χ1) is 20.1. The van der Waals surface area contributed by atoms with Crippen LogP contribution >= 0.6 is 0 Å². The molecule has 0 aliphatic rings. The molecule has 4 rings (SSSR count). The lowest BCUT2D eigenvalue weighted by molar-refractivity contribution is -0.143. The predicted molar refractivity (Wildman–Crippen MR) is 149 cm³/mol. The minimum absolute atomic E-state index is 0.0300. The van der Waals surface area contributed by atoms with Crippen molar-refractivity contribution in [2.75, 3.05) is 20.3 Å². The van der Waals surface area contributed by atoms with E-state index in [4.69, 9.17) is 4.74 Å². The number of benzene rings is 3. The molecule has 0 N–H and O–H groups in total. The van der Waals surface area contributed by atoms with Crippen LogP contribution in [0.5, 0.6) is 0 Å². The molecule has 1 unspecified atom stereocenters. The highest BCUT2D eigenvalue weighted by Gasteiger charge is 2.38. The molecule has 0 radical (unpaired) electrons. The van der Waals surface area contributed by atoms with Gasteiger partial charge in [-0.05, 0) is 80.8 Å². The molecule has 1 aromatic heterocycles. The number of alkyl halides is 6. The van der Waals surface area contributed by atoms with Crippen molar-refractivity contribution in [3.8, 4) is 5.69 Å². The molecule has 12 heteroatoms. The Hall–Kier alpha value is -4.19. The smallest absolute Gasteiger partial charge is 0.385 e. The van der Waals surface area contributed by atoms with Gasteiger partial charge in [-0.2, -0.15) is 26.3 Å². The van der Waals surface area contributed by atoms with Gasteiger partial charge in [-0.1, -0.05) is 18.2 Å². The Bertz CT molecular complexity index is 1680. The fraction of sp³-hybridized carbons (Fsp3) is 0.323. The Labute approximate surface area is 243 Å². The van der Waals surface area contributed by atoms with Crippen molar-refractivity contribution in [1.82, 2.24) is 14.5 Å². The Kier molecular flexibility index (Phi) is 9.00. The quantitative estimate of drug-likeness (QED) is 0.156. The summed E-state index contributed by atoms with van der Waals surface area (Å²) in [5, 5.41) is 0.293. The number of hydrogen-bond acceptors (Lipinski definition) is 4. The van der Waals surface area contributed by atoms with Crippen molar-refractivity contribution in [1.29, 1.82) is 0 Å². The summed E-state index contributed by atoms with van der Waals surface area (Å²) in [6.45, 7) is 5.32. The number of carbonyl (C=O) groups is 1. The molecule has 6 nitrogen and oxygen atoms in total. The largest absolute Gasteiger partial charge is 0.416 e. The average molecular weight is 606 g/mol. The van der Waals surface area contributed by atoms with E-state index in [1.807, 2.05) is 19.9 Å². The fourth-order valence-electron chi connectivity index (χ4n) is 4.78. The summed E-state index contributed by atoms with van der Waals surface area (Å²) in [5.41, 5.74) is -1.87. The number of ether oxygens (including phenoxy) is 1. The maximum absolute atomic E-state index is 13.8. The molecular weight excluding hydrogens is 576 g/mol. The Morgan fingerprint density at radius 3 is 2.14 bits per heavy atom. The molecule has 3 aromatic carbocycles. The summed E-state index contributed by atoms with van der Waals surface area (Å²) in [7, 11) is 1.42. The average Bonchev–Trinajstić information content (AvgIpc) is 2.95. The molecule has 0 spiro atoms. The minimum Gasteiger partial charge on any atom is -0.385 e. The van der Waals surface area contributed by atoms with E-state index in [1.54, 1.807) is 36.4 Å². The standard InChI is InChI=1S/C31H29F6N3O3/c1-18-10-11-24(14-19(18)2)40-27(38-26-9-6-5-8-25(26)29(40)42)20(3)39(12-7-13-43-4)28(41)21-15-22(30(32,33)34)17-23(16-21)31(35,36)37/h5-6,8-11,14-17,20H,7,12-13H2,1-4H3. The number of amides is 1. The summed E-state index contributed by atoms with van der Waals surface area (Å²) in [6, 6.07) is 11.5. The zero-order valence-corrected chi connectivity index (χ0v) is 23.8. The lowest BCUT2D eigenvalue weighted by Gasteiger charge is -2.31. The monoisotopic (exact) mass is 605 g/mol. The first-order valence-corrected chi connectivity index (χ1v) is 13.3. The molecule has 228 valence electrons. The van der Waals surface area contributed by atoms with Gasteiger partial charge in [0.25, 0.3) is 11.5 Å². The summed E-state index contributed by atoms with van der Waals surface area (Å²) >= 11 is 0. The first kappa shape index (κ1) is 31.7. The molecule has 0 saturated carbocycles. The van der Waals surface area contributed by atoms with E-state index >= 15 is 0 Å². The number of aryl methyl sites for hydroxylation is 2. The molecule has 1 heterocycles. The van der Waals surface area contributed by atoms with Crippen LogP contribution in [0.25, 0.3) is 16.6 Å². The molecule has 43 heavy (non-hydrogen) atoms. The molecule has 0 fully saturated rings. The van der Waals surface area contributed by atoms with Crippen molar-refractivity contribution < 1.29 is 35.9 Å². The number of hydrogen-bond donors (Lipinski definition) is 0. The minimum atomic E-state index is -5.13. The number of rotatable bonds is 8. The van der Waals surface area contributed by atoms with Gasteiger partial charge in [0.15, 0.2) is 0 Å². The van der Waals surface area contributed by atoms with Gasteiger partial charge in [0.05, 0.1) is 33.8 Å². The molecule has 1 amide bonds. The maximum Gasteiger partial charge on any atom is 0.416 e. The van der Waals surface area contributed by atoms with Crippen molar-refractivity contribution in [3.05, 3.63) is 105 Å². The predicted octanol–water partition coefficient (Wildman–Crippen LogP) is 7.28. The molecule has 0 aliphatic carbocycles. The van der Waals surface area contributed by atoms with Gasteiger partial charge in [0.1, 0.15) is 5.82 Å². The SMILES string of the molecule is COCCCN(C(=O)c1cc(C(F)(F)F)cc(C(F)(F)F)c1)C(C)c1nc2ccccc2c(=O)n1-c1ccc(C)c(C)c1. The number of methoxy groups -OCH3 is 1. The second-order valence-corrected chi connectivity index (χ2v) is 10.2. The summed E-state index contributed by atoms with van der Waals surface area (Å²) in [6.07, 6.45) is -10.1. The second-order valence-electron chi connectivity index (χ2n) is 10.2. The van der Waals surface area contributed by atoms with Crippen molar-refractivity contribution >= 4 is 16.8 Å². The Balaban J connectivity index is 1.94. The van der Waals surface area contributed by atoms with Crippen LogP contribution in [0.4, 0.5) is 26.3 Å². The van der Waals surface area contributed by atoms with Crippen LogP contribution in [0.1, 0.15) is 57.8 Å². The van der Waals surface area contributed by atoms with Crippen LogP contribution in [-0.2, 0) is 17.1 Å². The number of carbonyl (C=O) groups excluding carboxylic acids is 1. The molecule has 0 aliphatic heterocycles. The van der Waals surface area contributed by atoms with Gasteiger partial charge in [0, 0.05) is 25.8 Å². The van der Waals surface area contributed by atoms with Crippen LogP contribution in [0.15, 0.2) is 65.5 Å². The molecule has 1 atom stereocenters. The van der Waals surface area contributed by atoms with E-state index in [-0.39, 0.29) is 31.5 Å². The molecule has 4 aromatic rings. The number of fused-ring (bicyclic) bond motifs is 1.